The second-order valence-electron chi connectivity index (χ2n) is 3.86. The van der Waals surface area contributed by atoms with Crippen molar-refractivity contribution in [1.82, 2.24) is 4.98 Å². The summed E-state index contributed by atoms with van der Waals surface area (Å²) in [6.45, 7) is 3.96. The number of nitrogens with zero attached hydrogens (tertiary/aromatic N) is 1. The van der Waals surface area contributed by atoms with Crippen LogP contribution in [0.25, 0.3) is 0 Å². The molecule has 0 bridgehead atoms. The molecular weight excluding hydrogens is 248 g/mol. The molecule has 0 saturated carbocycles. The topological polar surface area (TPSA) is 75.8 Å². The van der Waals surface area contributed by atoms with Crippen LogP contribution in [0, 0.1) is 0 Å². The van der Waals surface area contributed by atoms with Gasteiger partial charge in [0, 0.05) is 13.3 Å². The van der Waals surface area contributed by atoms with Crippen molar-refractivity contribution in [2.24, 2.45) is 0 Å². The third-order valence-electron chi connectivity index (χ3n) is 2.29. The Labute approximate surface area is 113 Å². The highest BCUT2D eigenvalue weighted by atomic mass is 16.6. The minimum atomic E-state index is 0.514. The third-order valence-corrected chi connectivity index (χ3v) is 2.29. The van der Waals surface area contributed by atoms with E-state index in [4.69, 9.17) is 24.7 Å². The highest BCUT2D eigenvalue weighted by Crippen LogP contribution is 2.02. The summed E-state index contributed by atoms with van der Waals surface area (Å²) in [5.74, 6) is 0.514. The van der Waals surface area contributed by atoms with Crippen LogP contribution in [0.5, 0.6) is 0 Å². The number of rotatable bonds is 11. The van der Waals surface area contributed by atoms with E-state index in [9.17, 15) is 0 Å². The molecule has 2 N–H and O–H groups in total. The van der Waals surface area contributed by atoms with Crippen LogP contribution in [-0.2, 0) is 25.6 Å². The lowest BCUT2D eigenvalue weighted by Crippen LogP contribution is -2.11. The molecule has 0 aromatic carbocycles. The minimum Gasteiger partial charge on any atom is -0.384 e. The largest absolute Gasteiger partial charge is 0.384 e. The van der Waals surface area contributed by atoms with Gasteiger partial charge in [0.1, 0.15) is 5.82 Å². The van der Waals surface area contributed by atoms with E-state index >= 15 is 0 Å². The SMILES string of the molecule is COCCOCCOCCOCc1ccc(N)nc1. The molecular formula is C13H22N2O4. The average molecular weight is 270 g/mol. The molecule has 0 atom stereocenters. The molecule has 108 valence electrons. The first-order valence-corrected chi connectivity index (χ1v) is 6.25. The van der Waals surface area contributed by atoms with Crippen LogP contribution in [-0.4, -0.2) is 51.7 Å². The smallest absolute Gasteiger partial charge is 0.123 e. The lowest BCUT2D eigenvalue weighted by molar-refractivity contribution is 0.000841. The number of nitrogens with two attached hydrogens (primary N) is 1. The lowest BCUT2D eigenvalue weighted by atomic mass is 10.3. The summed E-state index contributed by atoms with van der Waals surface area (Å²) in [5, 5.41) is 0. The fraction of sp³-hybridized carbons (Fsp3) is 0.615. The van der Waals surface area contributed by atoms with E-state index in [2.05, 4.69) is 4.98 Å². The Bertz CT molecular complexity index is 319. The van der Waals surface area contributed by atoms with Gasteiger partial charge in [-0.05, 0) is 11.6 Å². The van der Waals surface area contributed by atoms with Gasteiger partial charge in [-0.1, -0.05) is 6.07 Å². The van der Waals surface area contributed by atoms with Gasteiger partial charge in [-0.15, -0.1) is 0 Å². The van der Waals surface area contributed by atoms with E-state index in [1.807, 2.05) is 6.07 Å². The molecule has 1 heterocycles. The maximum atomic E-state index is 5.49. The Morgan fingerprint density at radius 2 is 1.58 bits per heavy atom. The number of aromatic nitrogens is 1. The molecule has 6 heteroatoms. The van der Waals surface area contributed by atoms with Gasteiger partial charge in [-0.2, -0.15) is 0 Å². The molecule has 1 aromatic heterocycles. The van der Waals surface area contributed by atoms with E-state index in [-0.39, 0.29) is 0 Å². The summed E-state index contributed by atoms with van der Waals surface area (Å²) in [7, 11) is 1.65. The number of pyridine rings is 1. The minimum absolute atomic E-state index is 0.514. The van der Waals surface area contributed by atoms with E-state index in [0.717, 1.165) is 5.56 Å². The molecule has 0 aliphatic heterocycles. The summed E-state index contributed by atoms with van der Waals surface area (Å²) in [4.78, 5) is 3.98. The average Bonchev–Trinajstić information content (AvgIpc) is 2.43. The summed E-state index contributed by atoms with van der Waals surface area (Å²) in [6, 6.07) is 3.65. The fourth-order valence-corrected chi connectivity index (χ4v) is 1.29. The van der Waals surface area contributed by atoms with Gasteiger partial charge in [0.05, 0.1) is 46.2 Å². The van der Waals surface area contributed by atoms with Crippen molar-refractivity contribution < 1.29 is 18.9 Å². The highest BCUT2D eigenvalue weighted by Gasteiger charge is 1.95. The van der Waals surface area contributed by atoms with Crippen molar-refractivity contribution in [2.45, 2.75) is 6.61 Å². The van der Waals surface area contributed by atoms with Crippen molar-refractivity contribution in [1.29, 1.82) is 0 Å². The summed E-state index contributed by atoms with van der Waals surface area (Å²) in [6.07, 6.45) is 1.71. The first kappa shape index (κ1) is 15.8. The molecule has 0 aliphatic rings. The van der Waals surface area contributed by atoms with E-state index in [0.29, 0.717) is 52.1 Å². The van der Waals surface area contributed by atoms with Crippen molar-refractivity contribution in [3.05, 3.63) is 23.9 Å². The van der Waals surface area contributed by atoms with Crippen LogP contribution in [0.2, 0.25) is 0 Å². The molecule has 0 amide bonds. The molecule has 0 spiro atoms. The molecule has 0 radical (unpaired) electrons. The van der Waals surface area contributed by atoms with Crippen LogP contribution in [0.4, 0.5) is 5.82 Å². The monoisotopic (exact) mass is 270 g/mol. The predicted molar refractivity (Wildman–Crippen MR) is 71.8 cm³/mol. The zero-order valence-electron chi connectivity index (χ0n) is 11.3. The Kier molecular flexibility index (Phi) is 8.91. The number of ether oxygens (including phenoxy) is 4. The van der Waals surface area contributed by atoms with Gasteiger partial charge in [-0.25, -0.2) is 4.98 Å². The second-order valence-corrected chi connectivity index (χ2v) is 3.86. The Morgan fingerprint density at radius 1 is 0.947 bits per heavy atom. The predicted octanol–water partition coefficient (Wildman–Crippen LogP) is 0.860. The van der Waals surface area contributed by atoms with Crippen molar-refractivity contribution in [3.63, 3.8) is 0 Å². The van der Waals surface area contributed by atoms with Crippen molar-refractivity contribution >= 4 is 5.82 Å². The van der Waals surface area contributed by atoms with Crippen LogP contribution in [0.1, 0.15) is 5.56 Å². The summed E-state index contributed by atoms with van der Waals surface area (Å²) in [5.41, 5.74) is 6.49. The third kappa shape index (κ3) is 8.50. The number of anilines is 1. The van der Waals surface area contributed by atoms with E-state index in [1.54, 1.807) is 19.4 Å². The molecule has 0 saturated heterocycles. The van der Waals surface area contributed by atoms with Crippen LogP contribution >= 0.6 is 0 Å². The second kappa shape index (κ2) is 10.7. The lowest BCUT2D eigenvalue weighted by Gasteiger charge is -2.06. The van der Waals surface area contributed by atoms with E-state index < -0.39 is 0 Å². The van der Waals surface area contributed by atoms with Crippen LogP contribution in [0.3, 0.4) is 0 Å². The molecule has 0 fully saturated rings. The Morgan fingerprint density at radius 3 is 2.16 bits per heavy atom. The fourth-order valence-electron chi connectivity index (χ4n) is 1.29. The first-order valence-electron chi connectivity index (χ1n) is 6.25. The van der Waals surface area contributed by atoms with Gasteiger partial charge >= 0.3 is 0 Å². The quantitative estimate of drug-likeness (QED) is 0.601. The number of methoxy groups -OCH3 is 1. The summed E-state index contributed by atoms with van der Waals surface area (Å²) < 4.78 is 20.9. The number of hydrogen-bond acceptors (Lipinski definition) is 6. The van der Waals surface area contributed by atoms with Crippen molar-refractivity contribution in [3.8, 4) is 0 Å². The maximum absolute atomic E-state index is 5.49. The van der Waals surface area contributed by atoms with Crippen LogP contribution < -0.4 is 5.73 Å². The van der Waals surface area contributed by atoms with Gasteiger partial charge in [0.25, 0.3) is 0 Å². The zero-order valence-corrected chi connectivity index (χ0v) is 11.3. The summed E-state index contributed by atoms with van der Waals surface area (Å²) >= 11 is 0. The normalized spacial score (nSPS) is 10.8. The molecule has 0 unspecified atom stereocenters. The molecule has 6 nitrogen and oxygen atoms in total. The molecule has 1 aromatic rings. The van der Waals surface area contributed by atoms with E-state index in [1.165, 1.54) is 0 Å². The van der Waals surface area contributed by atoms with Crippen LogP contribution in [0.15, 0.2) is 18.3 Å². The molecule has 1 rings (SSSR count). The first-order chi connectivity index (χ1) is 9.33. The Balaban J connectivity index is 1.87. The Hall–Kier alpha value is -1.21. The molecule has 0 aliphatic carbocycles. The van der Waals surface area contributed by atoms with Gasteiger partial charge in [0.2, 0.25) is 0 Å². The number of nitrogen functional groups attached to an aromatic ring is 1. The standard InChI is InChI=1S/C13H22N2O4/c1-16-4-5-17-6-7-18-8-9-19-11-12-2-3-13(14)15-10-12/h2-3,10H,4-9,11H2,1H3,(H2,14,15). The zero-order chi connectivity index (χ0) is 13.8. The van der Waals surface area contributed by atoms with Gasteiger partial charge in [0.15, 0.2) is 0 Å². The van der Waals surface area contributed by atoms with Gasteiger partial charge in [-0.3, -0.25) is 0 Å². The highest BCUT2D eigenvalue weighted by molar-refractivity contribution is 5.28. The van der Waals surface area contributed by atoms with Gasteiger partial charge < -0.3 is 24.7 Å². The van der Waals surface area contributed by atoms with Crippen molar-refractivity contribution in [2.75, 3.05) is 52.5 Å². The maximum Gasteiger partial charge on any atom is 0.123 e. The molecule has 19 heavy (non-hydrogen) atoms. The number of hydrogen-bond donors (Lipinski definition) is 1.